The maximum atomic E-state index is 12.5. The molecule has 1 aromatic heterocycles. The number of sulfonamides is 1. The normalized spacial score (nSPS) is 20.4. The lowest BCUT2D eigenvalue weighted by Gasteiger charge is -2.21. The van der Waals surface area contributed by atoms with Crippen LogP contribution in [0.3, 0.4) is 0 Å². The molecule has 0 atom stereocenters. The fourth-order valence-electron chi connectivity index (χ4n) is 2.28. The summed E-state index contributed by atoms with van der Waals surface area (Å²) < 4.78 is 27.0. The lowest BCUT2D eigenvalue weighted by molar-refractivity contribution is 0.439. The van der Waals surface area contributed by atoms with Crippen molar-refractivity contribution < 1.29 is 8.42 Å². The van der Waals surface area contributed by atoms with Crippen LogP contribution in [0.25, 0.3) is 0 Å². The smallest absolute Gasteiger partial charge is 0.252 e. The van der Waals surface area contributed by atoms with Crippen LogP contribution in [-0.2, 0) is 16.4 Å². The van der Waals surface area contributed by atoms with Gasteiger partial charge in [0, 0.05) is 30.6 Å². The van der Waals surface area contributed by atoms with Crippen molar-refractivity contribution in [2.75, 3.05) is 19.6 Å². The average molecular weight is 312 g/mol. The molecule has 0 spiro atoms. The molecular weight excluding hydrogens is 292 g/mol. The van der Waals surface area contributed by atoms with E-state index in [1.807, 2.05) is 18.2 Å². The van der Waals surface area contributed by atoms with Gasteiger partial charge in [-0.3, -0.25) is 0 Å². The van der Waals surface area contributed by atoms with Gasteiger partial charge >= 0.3 is 0 Å². The van der Waals surface area contributed by atoms with Gasteiger partial charge in [-0.2, -0.15) is 4.31 Å². The third kappa shape index (κ3) is 3.31. The van der Waals surface area contributed by atoms with Crippen molar-refractivity contribution in [2.24, 2.45) is 0 Å². The Morgan fingerprint density at radius 3 is 2.85 bits per heavy atom. The fourth-order valence-corrected chi connectivity index (χ4v) is 5.20. The van der Waals surface area contributed by atoms with Gasteiger partial charge in [0.2, 0.25) is 0 Å². The van der Waals surface area contributed by atoms with Gasteiger partial charge in [0.15, 0.2) is 0 Å². The predicted octanol–water partition coefficient (Wildman–Crippen LogP) is 1.99. The summed E-state index contributed by atoms with van der Waals surface area (Å²) in [6, 6.07) is 4.41. The summed E-state index contributed by atoms with van der Waals surface area (Å²) >= 11 is 1.41. The second kappa shape index (κ2) is 5.97. The molecule has 1 fully saturated rings. The molecule has 1 saturated carbocycles. The Morgan fingerprint density at radius 1 is 1.30 bits per heavy atom. The van der Waals surface area contributed by atoms with Gasteiger partial charge in [0.05, 0.1) is 0 Å². The molecular formula is C14H20N2O2S2. The van der Waals surface area contributed by atoms with Gasteiger partial charge in [0.1, 0.15) is 4.21 Å². The van der Waals surface area contributed by atoms with E-state index in [-0.39, 0.29) is 0 Å². The quantitative estimate of drug-likeness (QED) is 0.817. The van der Waals surface area contributed by atoms with E-state index < -0.39 is 10.0 Å². The van der Waals surface area contributed by atoms with Crippen molar-refractivity contribution in [2.45, 2.75) is 35.9 Å². The number of nitrogens with one attached hydrogen (secondary N) is 1. The Bertz CT molecular complexity index is 588. The number of hydrogen-bond donors (Lipinski definition) is 1. The number of thiophene rings is 1. The van der Waals surface area contributed by atoms with E-state index in [1.54, 1.807) is 10.4 Å². The molecule has 1 aliphatic carbocycles. The molecule has 2 aliphatic rings. The zero-order valence-corrected chi connectivity index (χ0v) is 13.0. The van der Waals surface area contributed by atoms with Crippen LogP contribution >= 0.6 is 11.3 Å². The van der Waals surface area contributed by atoms with Gasteiger partial charge in [-0.1, -0.05) is 12.2 Å². The van der Waals surface area contributed by atoms with Crippen molar-refractivity contribution in [1.29, 1.82) is 0 Å². The minimum Gasteiger partial charge on any atom is -0.314 e. The van der Waals surface area contributed by atoms with Crippen molar-refractivity contribution in [3.05, 3.63) is 29.2 Å². The first-order chi connectivity index (χ1) is 9.66. The van der Waals surface area contributed by atoms with Crippen LogP contribution in [0.5, 0.6) is 0 Å². The lowest BCUT2D eigenvalue weighted by Crippen LogP contribution is -2.33. The fraction of sp³-hybridized carbons (Fsp3) is 0.571. The SMILES string of the molecule is O=S(=O)(c1ccc(CCNC2CC2)s1)N1CC=CCC1. The summed E-state index contributed by atoms with van der Waals surface area (Å²) in [6.07, 6.45) is 8.25. The summed E-state index contributed by atoms with van der Waals surface area (Å²) in [6.45, 7) is 2.03. The highest BCUT2D eigenvalue weighted by molar-refractivity contribution is 7.91. The third-order valence-corrected chi connectivity index (χ3v) is 7.11. The Balaban J connectivity index is 1.63. The first kappa shape index (κ1) is 14.3. The van der Waals surface area contributed by atoms with Crippen LogP contribution in [0, 0.1) is 0 Å². The third-order valence-electron chi connectivity index (χ3n) is 3.63. The Hall–Kier alpha value is -0.690. The molecule has 1 N–H and O–H groups in total. The standard InChI is InChI=1S/C14H20N2O2S2/c17-20(18,16-10-2-1-3-11-16)14-7-6-13(19-14)8-9-15-12-4-5-12/h1-2,6-7,12,15H,3-5,8-11H2. The molecule has 1 aliphatic heterocycles. The van der Waals surface area contributed by atoms with Crippen molar-refractivity contribution >= 4 is 21.4 Å². The average Bonchev–Trinajstić information content (AvgIpc) is 3.15. The van der Waals surface area contributed by atoms with Crippen molar-refractivity contribution in [1.82, 2.24) is 9.62 Å². The molecule has 0 unspecified atom stereocenters. The van der Waals surface area contributed by atoms with Gasteiger partial charge in [-0.15, -0.1) is 11.3 Å². The Kier molecular flexibility index (Phi) is 4.26. The summed E-state index contributed by atoms with van der Waals surface area (Å²) in [5.41, 5.74) is 0. The highest BCUT2D eigenvalue weighted by Gasteiger charge is 2.26. The largest absolute Gasteiger partial charge is 0.314 e. The van der Waals surface area contributed by atoms with Crippen molar-refractivity contribution in [3.63, 3.8) is 0 Å². The van der Waals surface area contributed by atoms with Gasteiger partial charge < -0.3 is 5.32 Å². The molecule has 20 heavy (non-hydrogen) atoms. The Labute approximate surface area is 124 Å². The zero-order chi connectivity index (χ0) is 14.0. The monoisotopic (exact) mass is 312 g/mol. The van der Waals surface area contributed by atoms with E-state index in [9.17, 15) is 8.42 Å². The van der Waals surface area contributed by atoms with Crippen LogP contribution in [0.4, 0.5) is 0 Å². The molecule has 0 saturated heterocycles. The van der Waals surface area contributed by atoms with E-state index >= 15 is 0 Å². The van der Waals surface area contributed by atoms with E-state index in [2.05, 4.69) is 5.32 Å². The van der Waals surface area contributed by atoms with Gasteiger partial charge in [-0.25, -0.2) is 8.42 Å². The summed E-state index contributed by atoms with van der Waals surface area (Å²) in [5, 5.41) is 3.45. The van der Waals surface area contributed by atoms with Gasteiger partial charge in [-0.05, 0) is 37.8 Å². The molecule has 2 heterocycles. The lowest BCUT2D eigenvalue weighted by atomic mass is 10.3. The molecule has 1 aromatic rings. The molecule has 0 radical (unpaired) electrons. The topological polar surface area (TPSA) is 49.4 Å². The number of rotatable bonds is 6. The van der Waals surface area contributed by atoms with Crippen LogP contribution < -0.4 is 5.32 Å². The summed E-state index contributed by atoms with van der Waals surface area (Å²) in [7, 11) is -3.29. The van der Waals surface area contributed by atoms with Crippen LogP contribution in [0.2, 0.25) is 0 Å². The van der Waals surface area contributed by atoms with Crippen molar-refractivity contribution in [3.8, 4) is 0 Å². The first-order valence-corrected chi connectivity index (χ1v) is 9.39. The van der Waals surface area contributed by atoms with E-state index in [0.717, 1.165) is 24.3 Å². The molecule has 0 amide bonds. The van der Waals surface area contributed by atoms with Gasteiger partial charge in [0.25, 0.3) is 10.0 Å². The maximum absolute atomic E-state index is 12.5. The second-order valence-electron chi connectivity index (χ2n) is 5.32. The predicted molar refractivity (Wildman–Crippen MR) is 81.6 cm³/mol. The molecule has 6 heteroatoms. The van der Waals surface area contributed by atoms with Crippen LogP contribution in [0.1, 0.15) is 24.1 Å². The molecule has 3 rings (SSSR count). The summed E-state index contributed by atoms with van der Waals surface area (Å²) in [4.78, 5) is 1.14. The van der Waals surface area contributed by atoms with Crippen LogP contribution in [0.15, 0.2) is 28.5 Å². The number of nitrogens with zero attached hydrogens (tertiary/aromatic N) is 1. The highest BCUT2D eigenvalue weighted by Crippen LogP contribution is 2.26. The minimum absolute atomic E-state index is 0.481. The Morgan fingerprint density at radius 2 is 2.15 bits per heavy atom. The highest BCUT2D eigenvalue weighted by atomic mass is 32.2. The minimum atomic E-state index is -3.29. The molecule has 4 nitrogen and oxygen atoms in total. The van der Waals surface area contributed by atoms with E-state index in [0.29, 0.717) is 23.3 Å². The number of hydrogen-bond acceptors (Lipinski definition) is 4. The van der Waals surface area contributed by atoms with Crippen LogP contribution in [-0.4, -0.2) is 38.4 Å². The zero-order valence-electron chi connectivity index (χ0n) is 11.4. The molecule has 0 aromatic carbocycles. The maximum Gasteiger partial charge on any atom is 0.252 e. The van der Waals surface area contributed by atoms with E-state index in [4.69, 9.17) is 0 Å². The summed E-state index contributed by atoms with van der Waals surface area (Å²) in [5.74, 6) is 0. The molecule has 0 bridgehead atoms. The first-order valence-electron chi connectivity index (χ1n) is 7.13. The molecule has 110 valence electrons. The van der Waals surface area contributed by atoms with E-state index in [1.165, 1.54) is 24.2 Å². The second-order valence-corrected chi connectivity index (χ2v) is 8.66.